The van der Waals surface area contributed by atoms with Crippen molar-refractivity contribution in [3.63, 3.8) is 0 Å². The summed E-state index contributed by atoms with van der Waals surface area (Å²) in [6, 6.07) is 15.2. The van der Waals surface area contributed by atoms with Crippen molar-refractivity contribution in [3.8, 4) is 0 Å². The molecule has 3 heteroatoms. The van der Waals surface area contributed by atoms with Crippen LogP contribution in [-0.2, 0) is 11.3 Å². The SMILES string of the molecule is O=C([C@@H]1CCC[NH+](Cc2cccc3ccccc23)C1)N1CCCC1. The van der Waals surface area contributed by atoms with Gasteiger partial charge in [-0.1, -0.05) is 42.5 Å². The van der Waals surface area contributed by atoms with Gasteiger partial charge in [-0.25, -0.2) is 0 Å². The van der Waals surface area contributed by atoms with Crippen LogP contribution in [0.4, 0.5) is 0 Å². The number of fused-ring (bicyclic) bond motifs is 1. The van der Waals surface area contributed by atoms with Crippen molar-refractivity contribution >= 4 is 16.7 Å². The topological polar surface area (TPSA) is 24.8 Å². The summed E-state index contributed by atoms with van der Waals surface area (Å²) >= 11 is 0. The van der Waals surface area contributed by atoms with Crippen LogP contribution in [0.2, 0.25) is 0 Å². The molecule has 24 heavy (non-hydrogen) atoms. The molecule has 2 aliphatic rings. The standard InChI is InChI=1S/C21H26N2O/c24-21(23-13-3-4-14-23)19-10-6-12-22(16-19)15-18-9-5-8-17-7-1-2-11-20(17)18/h1-2,5,7-9,11,19H,3-4,6,10,12-16H2/p+1/t19-/m1/s1. The van der Waals surface area contributed by atoms with Gasteiger partial charge in [0.25, 0.3) is 0 Å². The average Bonchev–Trinajstić information content (AvgIpc) is 3.16. The summed E-state index contributed by atoms with van der Waals surface area (Å²) in [7, 11) is 0. The molecule has 4 rings (SSSR count). The van der Waals surface area contributed by atoms with E-state index >= 15 is 0 Å². The minimum Gasteiger partial charge on any atom is -0.342 e. The van der Waals surface area contributed by atoms with E-state index in [4.69, 9.17) is 0 Å². The van der Waals surface area contributed by atoms with Gasteiger partial charge in [-0.15, -0.1) is 0 Å². The van der Waals surface area contributed by atoms with Crippen LogP contribution in [0.1, 0.15) is 31.2 Å². The van der Waals surface area contributed by atoms with Gasteiger partial charge in [0, 0.05) is 18.7 Å². The minimum absolute atomic E-state index is 0.238. The van der Waals surface area contributed by atoms with E-state index in [0.717, 1.165) is 32.6 Å². The van der Waals surface area contributed by atoms with Crippen molar-refractivity contribution in [2.75, 3.05) is 26.2 Å². The second-order valence-corrected chi connectivity index (χ2v) is 7.39. The van der Waals surface area contributed by atoms with Crippen LogP contribution in [0.25, 0.3) is 10.8 Å². The fraction of sp³-hybridized carbons (Fsp3) is 0.476. The normalized spacial score (nSPS) is 24.4. The van der Waals surface area contributed by atoms with Crippen LogP contribution in [0.15, 0.2) is 42.5 Å². The van der Waals surface area contributed by atoms with Crippen LogP contribution in [0, 0.1) is 5.92 Å². The Morgan fingerprint density at radius 1 is 1.04 bits per heavy atom. The van der Waals surface area contributed by atoms with E-state index in [0.29, 0.717) is 5.91 Å². The Kier molecular flexibility index (Phi) is 4.52. The first kappa shape index (κ1) is 15.6. The molecule has 1 amide bonds. The molecule has 0 spiro atoms. The van der Waals surface area contributed by atoms with Crippen molar-refractivity contribution in [2.24, 2.45) is 5.92 Å². The Balaban J connectivity index is 1.47. The summed E-state index contributed by atoms with van der Waals surface area (Å²) in [4.78, 5) is 16.4. The molecule has 2 aromatic carbocycles. The fourth-order valence-corrected chi connectivity index (χ4v) is 4.43. The van der Waals surface area contributed by atoms with Gasteiger partial charge in [0.1, 0.15) is 6.54 Å². The molecule has 3 nitrogen and oxygen atoms in total. The molecule has 2 aliphatic heterocycles. The number of hydrogen-bond acceptors (Lipinski definition) is 1. The molecule has 2 fully saturated rings. The van der Waals surface area contributed by atoms with Crippen molar-refractivity contribution in [1.29, 1.82) is 0 Å². The number of benzene rings is 2. The molecule has 0 saturated carbocycles. The molecule has 2 aromatic rings. The van der Waals surface area contributed by atoms with E-state index in [9.17, 15) is 4.79 Å². The molecular formula is C21H27N2O+. The first-order valence-corrected chi connectivity index (χ1v) is 9.40. The van der Waals surface area contributed by atoms with Crippen LogP contribution < -0.4 is 4.90 Å². The van der Waals surface area contributed by atoms with Gasteiger partial charge in [0.2, 0.25) is 5.91 Å². The minimum atomic E-state index is 0.238. The van der Waals surface area contributed by atoms with Gasteiger partial charge in [-0.2, -0.15) is 0 Å². The monoisotopic (exact) mass is 323 g/mol. The van der Waals surface area contributed by atoms with Crippen molar-refractivity contribution < 1.29 is 9.69 Å². The Labute approximate surface area is 144 Å². The van der Waals surface area contributed by atoms with E-state index in [1.807, 2.05) is 0 Å². The smallest absolute Gasteiger partial charge is 0.231 e. The molecular weight excluding hydrogens is 296 g/mol. The van der Waals surface area contributed by atoms with Gasteiger partial charge in [0.05, 0.1) is 19.0 Å². The van der Waals surface area contributed by atoms with Gasteiger partial charge < -0.3 is 9.80 Å². The first-order chi connectivity index (χ1) is 11.8. The first-order valence-electron chi connectivity index (χ1n) is 9.40. The summed E-state index contributed by atoms with van der Waals surface area (Å²) in [5.74, 6) is 0.657. The lowest BCUT2D eigenvalue weighted by Crippen LogP contribution is -3.12. The molecule has 1 unspecified atom stereocenters. The number of carbonyl (C=O) groups is 1. The number of nitrogens with one attached hydrogen (secondary N) is 1. The summed E-state index contributed by atoms with van der Waals surface area (Å²) in [6.07, 6.45) is 4.62. The van der Waals surface area contributed by atoms with E-state index in [1.165, 1.54) is 42.1 Å². The lowest BCUT2D eigenvalue weighted by molar-refractivity contribution is -0.921. The van der Waals surface area contributed by atoms with Gasteiger partial charge >= 0.3 is 0 Å². The third-order valence-corrected chi connectivity index (χ3v) is 5.71. The highest BCUT2D eigenvalue weighted by molar-refractivity contribution is 5.85. The summed E-state index contributed by atoms with van der Waals surface area (Å²) in [5.41, 5.74) is 1.41. The molecule has 0 bridgehead atoms. The second-order valence-electron chi connectivity index (χ2n) is 7.39. The van der Waals surface area contributed by atoms with Gasteiger partial charge in [-0.05, 0) is 36.5 Å². The van der Waals surface area contributed by atoms with Crippen molar-refractivity contribution in [1.82, 2.24) is 4.90 Å². The van der Waals surface area contributed by atoms with Gasteiger partial charge in [-0.3, -0.25) is 4.79 Å². The number of piperidine rings is 1. The number of carbonyl (C=O) groups excluding carboxylic acids is 1. The maximum Gasteiger partial charge on any atom is 0.231 e. The van der Waals surface area contributed by atoms with Crippen molar-refractivity contribution in [2.45, 2.75) is 32.2 Å². The van der Waals surface area contributed by atoms with Gasteiger partial charge in [0.15, 0.2) is 0 Å². The fourth-order valence-electron chi connectivity index (χ4n) is 4.43. The number of rotatable bonds is 3. The third kappa shape index (κ3) is 3.18. The summed E-state index contributed by atoms with van der Waals surface area (Å²) in [5, 5.41) is 2.68. The number of hydrogen-bond donors (Lipinski definition) is 1. The van der Waals surface area contributed by atoms with Crippen LogP contribution in [-0.4, -0.2) is 37.0 Å². The Morgan fingerprint density at radius 2 is 1.83 bits per heavy atom. The number of amides is 1. The van der Waals surface area contributed by atoms with E-state index < -0.39 is 0 Å². The molecule has 0 radical (unpaired) electrons. The summed E-state index contributed by atoms with van der Waals surface area (Å²) < 4.78 is 0. The Hall–Kier alpha value is -1.87. The number of quaternary nitrogens is 1. The molecule has 2 atom stereocenters. The maximum atomic E-state index is 12.7. The Bertz CT molecular complexity index is 715. The number of likely N-dealkylation sites (tertiary alicyclic amines) is 2. The predicted molar refractivity (Wildman–Crippen MR) is 96.9 cm³/mol. The summed E-state index contributed by atoms with van der Waals surface area (Å²) in [6.45, 7) is 5.18. The highest BCUT2D eigenvalue weighted by atomic mass is 16.2. The predicted octanol–water partition coefficient (Wildman–Crippen LogP) is 2.26. The number of nitrogens with zero attached hydrogens (tertiary/aromatic N) is 1. The highest BCUT2D eigenvalue weighted by Gasteiger charge is 2.32. The zero-order chi connectivity index (χ0) is 16.4. The third-order valence-electron chi connectivity index (χ3n) is 5.71. The van der Waals surface area contributed by atoms with Crippen LogP contribution in [0.3, 0.4) is 0 Å². The van der Waals surface area contributed by atoms with E-state index in [-0.39, 0.29) is 5.92 Å². The Morgan fingerprint density at radius 3 is 2.71 bits per heavy atom. The molecule has 126 valence electrons. The van der Waals surface area contributed by atoms with Crippen LogP contribution >= 0.6 is 0 Å². The largest absolute Gasteiger partial charge is 0.342 e. The highest BCUT2D eigenvalue weighted by Crippen LogP contribution is 2.19. The second kappa shape index (κ2) is 6.94. The lowest BCUT2D eigenvalue weighted by Gasteiger charge is -2.31. The zero-order valence-electron chi connectivity index (χ0n) is 14.3. The average molecular weight is 323 g/mol. The van der Waals surface area contributed by atoms with Crippen LogP contribution in [0.5, 0.6) is 0 Å². The lowest BCUT2D eigenvalue weighted by atomic mass is 9.95. The molecule has 1 N–H and O–H groups in total. The maximum absolute atomic E-state index is 12.7. The van der Waals surface area contributed by atoms with E-state index in [1.54, 1.807) is 4.90 Å². The molecule has 2 heterocycles. The van der Waals surface area contributed by atoms with E-state index in [2.05, 4.69) is 47.4 Å². The molecule has 0 aromatic heterocycles. The zero-order valence-corrected chi connectivity index (χ0v) is 14.3. The molecule has 2 saturated heterocycles. The molecule has 0 aliphatic carbocycles. The van der Waals surface area contributed by atoms with Crippen molar-refractivity contribution in [3.05, 3.63) is 48.0 Å². The quantitative estimate of drug-likeness (QED) is 0.921.